The van der Waals surface area contributed by atoms with Crippen molar-refractivity contribution in [2.24, 2.45) is 0 Å². The highest BCUT2D eigenvalue weighted by atomic mass is 32.2. The molecule has 0 radical (unpaired) electrons. The van der Waals surface area contributed by atoms with Crippen molar-refractivity contribution >= 4 is 26.7 Å². The van der Waals surface area contributed by atoms with Gasteiger partial charge in [0.1, 0.15) is 6.04 Å². The topological polar surface area (TPSA) is 66.5 Å². The van der Waals surface area contributed by atoms with Crippen LogP contribution in [0, 0.1) is 0 Å². The van der Waals surface area contributed by atoms with Gasteiger partial charge in [-0.2, -0.15) is 4.31 Å². The van der Waals surface area contributed by atoms with Crippen LogP contribution in [-0.4, -0.2) is 31.2 Å². The molecular formula is C28H26N2O3S. The first kappa shape index (κ1) is 22.3. The maximum absolute atomic E-state index is 13.6. The van der Waals surface area contributed by atoms with Gasteiger partial charge in [-0.05, 0) is 46.9 Å². The van der Waals surface area contributed by atoms with Crippen LogP contribution >= 0.6 is 0 Å². The van der Waals surface area contributed by atoms with E-state index in [4.69, 9.17) is 0 Å². The molecule has 5 rings (SSSR count). The molecule has 0 bridgehead atoms. The highest BCUT2D eigenvalue weighted by molar-refractivity contribution is 7.89. The van der Waals surface area contributed by atoms with Crippen LogP contribution in [-0.2, 0) is 14.8 Å². The van der Waals surface area contributed by atoms with Crippen molar-refractivity contribution in [2.45, 2.75) is 29.8 Å². The molecule has 1 aliphatic heterocycles. The largest absolute Gasteiger partial charge is 0.344 e. The van der Waals surface area contributed by atoms with E-state index in [1.54, 1.807) is 12.1 Å². The van der Waals surface area contributed by atoms with Crippen LogP contribution in [0.3, 0.4) is 0 Å². The zero-order valence-electron chi connectivity index (χ0n) is 18.7. The minimum Gasteiger partial charge on any atom is -0.344 e. The molecule has 172 valence electrons. The Bertz CT molecular complexity index is 1370. The normalized spacial score (nSPS) is 16.7. The van der Waals surface area contributed by atoms with Crippen LogP contribution < -0.4 is 5.32 Å². The van der Waals surface area contributed by atoms with Gasteiger partial charge < -0.3 is 5.32 Å². The van der Waals surface area contributed by atoms with Crippen molar-refractivity contribution in [3.05, 3.63) is 114 Å². The summed E-state index contributed by atoms with van der Waals surface area (Å²) in [7, 11) is -3.82. The maximum Gasteiger partial charge on any atom is 0.243 e. The number of nitrogens with one attached hydrogen (secondary N) is 1. The zero-order valence-corrected chi connectivity index (χ0v) is 19.5. The molecule has 1 saturated heterocycles. The Labute approximate surface area is 200 Å². The summed E-state index contributed by atoms with van der Waals surface area (Å²) in [6.45, 7) is 0.328. The highest BCUT2D eigenvalue weighted by Crippen LogP contribution is 2.29. The predicted molar refractivity (Wildman–Crippen MR) is 134 cm³/mol. The monoisotopic (exact) mass is 470 g/mol. The van der Waals surface area contributed by atoms with E-state index in [9.17, 15) is 13.2 Å². The number of benzene rings is 4. The molecule has 5 nitrogen and oxygen atoms in total. The van der Waals surface area contributed by atoms with Gasteiger partial charge in [0, 0.05) is 6.54 Å². The van der Waals surface area contributed by atoms with Crippen molar-refractivity contribution in [1.29, 1.82) is 0 Å². The first-order chi connectivity index (χ1) is 16.5. The molecule has 1 heterocycles. The Balaban J connectivity index is 1.43. The van der Waals surface area contributed by atoms with Gasteiger partial charge in [0.15, 0.2) is 0 Å². The summed E-state index contributed by atoms with van der Waals surface area (Å²) >= 11 is 0. The summed E-state index contributed by atoms with van der Waals surface area (Å²) in [5.74, 6) is -0.278. The van der Waals surface area contributed by atoms with Crippen LogP contribution in [0.4, 0.5) is 0 Å². The fourth-order valence-corrected chi connectivity index (χ4v) is 6.33. The van der Waals surface area contributed by atoms with Crippen LogP contribution in [0.25, 0.3) is 10.8 Å². The van der Waals surface area contributed by atoms with Crippen molar-refractivity contribution in [2.75, 3.05) is 6.54 Å². The zero-order chi connectivity index (χ0) is 23.5. The van der Waals surface area contributed by atoms with Gasteiger partial charge in [-0.15, -0.1) is 0 Å². The van der Waals surface area contributed by atoms with E-state index in [1.807, 2.05) is 91.0 Å². The number of hydrogen-bond donors (Lipinski definition) is 1. The fraction of sp³-hybridized carbons (Fsp3) is 0.179. The van der Waals surface area contributed by atoms with Crippen LogP contribution in [0.5, 0.6) is 0 Å². The smallest absolute Gasteiger partial charge is 0.243 e. The molecule has 4 aromatic rings. The lowest BCUT2D eigenvalue weighted by Gasteiger charge is -2.27. The summed E-state index contributed by atoms with van der Waals surface area (Å²) < 4.78 is 28.5. The molecule has 4 aromatic carbocycles. The summed E-state index contributed by atoms with van der Waals surface area (Å²) in [4.78, 5) is 13.7. The molecule has 1 N–H and O–H groups in total. The van der Waals surface area contributed by atoms with Gasteiger partial charge in [0.2, 0.25) is 15.9 Å². The van der Waals surface area contributed by atoms with E-state index >= 15 is 0 Å². The predicted octanol–water partition coefficient (Wildman–Crippen LogP) is 4.90. The minimum atomic E-state index is -3.82. The number of fused-ring (bicyclic) bond motifs is 1. The Hall–Kier alpha value is -3.48. The molecule has 6 heteroatoms. The van der Waals surface area contributed by atoms with Gasteiger partial charge >= 0.3 is 0 Å². The van der Waals surface area contributed by atoms with Gasteiger partial charge in [-0.25, -0.2) is 8.42 Å². The molecule has 0 aromatic heterocycles. The van der Waals surface area contributed by atoms with Crippen LogP contribution in [0.1, 0.15) is 30.0 Å². The second-order valence-electron chi connectivity index (χ2n) is 8.55. The second-order valence-corrected chi connectivity index (χ2v) is 10.4. The third-order valence-corrected chi connectivity index (χ3v) is 8.29. The molecule has 1 fully saturated rings. The van der Waals surface area contributed by atoms with E-state index < -0.39 is 16.1 Å². The van der Waals surface area contributed by atoms with E-state index in [0.29, 0.717) is 19.4 Å². The Kier molecular flexibility index (Phi) is 6.18. The molecule has 34 heavy (non-hydrogen) atoms. The lowest BCUT2D eigenvalue weighted by Crippen LogP contribution is -2.46. The van der Waals surface area contributed by atoms with Crippen LogP contribution in [0.15, 0.2) is 108 Å². The Morgan fingerprint density at radius 3 is 2.03 bits per heavy atom. The average molecular weight is 471 g/mol. The maximum atomic E-state index is 13.6. The number of sulfonamides is 1. The lowest BCUT2D eigenvalue weighted by atomic mass is 9.98. The molecule has 0 saturated carbocycles. The quantitative estimate of drug-likeness (QED) is 0.436. The van der Waals surface area contributed by atoms with Crippen molar-refractivity contribution in [3.8, 4) is 0 Å². The molecule has 0 spiro atoms. The molecule has 1 amide bonds. The first-order valence-electron chi connectivity index (χ1n) is 11.4. The van der Waals surface area contributed by atoms with Gasteiger partial charge in [0.25, 0.3) is 0 Å². The number of carbonyl (C=O) groups is 1. The van der Waals surface area contributed by atoms with E-state index in [0.717, 1.165) is 21.9 Å². The Morgan fingerprint density at radius 1 is 0.794 bits per heavy atom. The van der Waals surface area contributed by atoms with Gasteiger partial charge in [-0.3, -0.25) is 4.79 Å². The SMILES string of the molecule is O=C(NC(c1ccccc1)c1ccccc1)C1CCCN1S(=O)(=O)c1ccc2ccccc2c1. The molecule has 1 unspecified atom stereocenters. The lowest BCUT2D eigenvalue weighted by molar-refractivity contribution is -0.124. The number of carbonyl (C=O) groups excluding carboxylic acids is 1. The average Bonchev–Trinajstić information content (AvgIpc) is 3.39. The molecular weight excluding hydrogens is 444 g/mol. The molecule has 1 atom stereocenters. The molecule has 0 aliphatic carbocycles. The fourth-order valence-electron chi connectivity index (χ4n) is 4.64. The third kappa shape index (κ3) is 4.34. The van der Waals surface area contributed by atoms with Crippen molar-refractivity contribution in [1.82, 2.24) is 9.62 Å². The Morgan fingerprint density at radius 2 is 1.38 bits per heavy atom. The summed E-state index contributed by atoms with van der Waals surface area (Å²) in [6.07, 6.45) is 1.14. The summed E-state index contributed by atoms with van der Waals surface area (Å²) in [6, 6.07) is 31.2. The summed E-state index contributed by atoms with van der Waals surface area (Å²) in [5, 5.41) is 4.97. The van der Waals surface area contributed by atoms with E-state index in [1.165, 1.54) is 4.31 Å². The van der Waals surface area contributed by atoms with E-state index in [2.05, 4.69) is 5.32 Å². The van der Waals surface area contributed by atoms with Gasteiger partial charge in [0.05, 0.1) is 10.9 Å². The van der Waals surface area contributed by atoms with Crippen LogP contribution in [0.2, 0.25) is 0 Å². The number of hydrogen-bond acceptors (Lipinski definition) is 3. The van der Waals surface area contributed by atoms with Crippen molar-refractivity contribution in [3.63, 3.8) is 0 Å². The first-order valence-corrected chi connectivity index (χ1v) is 12.9. The minimum absolute atomic E-state index is 0.216. The van der Waals surface area contributed by atoms with Gasteiger partial charge in [-0.1, -0.05) is 91.0 Å². The molecule has 1 aliphatic rings. The van der Waals surface area contributed by atoms with E-state index in [-0.39, 0.29) is 16.8 Å². The number of amides is 1. The standard InChI is InChI=1S/C28H26N2O3S/c31-28(29-27(22-11-3-1-4-12-22)23-13-5-2-6-14-23)26-16-9-19-30(26)34(32,33)25-18-17-21-10-7-8-15-24(21)20-25/h1-8,10-15,17-18,20,26-27H,9,16,19H2,(H,29,31). The van der Waals surface area contributed by atoms with Crippen molar-refractivity contribution < 1.29 is 13.2 Å². The highest BCUT2D eigenvalue weighted by Gasteiger charge is 2.40. The third-order valence-electron chi connectivity index (χ3n) is 6.39. The number of nitrogens with zero attached hydrogens (tertiary/aromatic N) is 1. The number of rotatable bonds is 6. The summed E-state index contributed by atoms with van der Waals surface area (Å²) in [5.41, 5.74) is 1.90. The second kappa shape index (κ2) is 9.41.